The first kappa shape index (κ1) is 20.0. The van der Waals surface area contributed by atoms with Crippen molar-refractivity contribution in [1.82, 2.24) is 0 Å². The molecule has 2 aromatic carbocycles. The molecule has 0 aromatic heterocycles. The van der Waals surface area contributed by atoms with Crippen molar-refractivity contribution in [2.75, 3.05) is 27.4 Å². The molecule has 0 saturated heterocycles. The Morgan fingerprint density at radius 3 is 2.52 bits per heavy atom. The lowest BCUT2D eigenvalue weighted by atomic mass is 10.1. The molecule has 0 atom stereocenters. The minimum atomic E-state index is -0.697. The molecule has 0 unspecified atom stereocenters. The van der Waals surface area contributed by atoms with Gasteiger partial charge in [0.15, 0.2) is 11.5 Å². The normalized spacial score (nSPS) is 10.8. The Balaban J connectivity index is 2.16. The molecule has 0 aliphatic heterocycles. The van der Waals surface area contributed by atoms with Crippen molar-refractivity contribution in [2.24, 2.45) is 0 Å². The van der Waals surface area contributed by atoms with Crippen molar-refractivity contribution >= 4 is 12.0 Å². The standard InChI is InChI=1S/C21H21NO5/c1-24-10-11-26-21(23)18(14-22)12-17-8-9-19(25-2)20(13-17)27-15-16-6-4-3-5-7-16/h3-9,12-13H,10-11,15H2,1-2H3/b18-12+. The number of nitriles is 1. The smallest absolute Gasteiger partial charge is 0.348 e. The SMILES string of the molecule is COCCOC(=O)/C(C#N)=C/c1ccc(OC)c(OCc2ccccc2)c1. The Labute approximate surface area is 158 Å². The number of hydrogen-bond donors (Lipinski definition) is 0. The van der Waals surface area contributed by atoms with Gasteiger partial charge in [-0.25, -0.2) is 4.79 Å². The summed E-state index contributed by atoms with van der Waals surface area (Å²) < 4.78 is 21.0. The van der Waals surface area contributed by atoms with E-state index >= 15 is 0 Å². The van der Waals surface area contributed by atoms with E-state index in [2.05, 4.69) is 0 Å². The molecule has 0 N–H and O–H groups in total. The highest BCUT2D eigenvalue weighted by molar-refractivity contribution is 5.97. The minimum Gasteiger partial charge on any atom is -0.493 e. The number of benzene rings is 2. The van der Waals surface area contributed by atoms with Gasteiger partial charge in [-0.05, 0) is 29.3 Å². The molecule has 0 aliphatic rings. The third kappa shape index (κ3) is 6.17. The van der Waals surface area contributed by atoms with Gasteiger partial charge in [0.1, 0.15) is 24.9 Å². The van der Waals surface area contributed by atoms with E-state index in [0.29, 0.717) is 23.7 Å². The van der Waals surface area contributed by atoms with Crippen molar-refractivity contribution in [2.45, 2.75) is 6.61 Å². The highest BCUT2D eigenvalue weighted by Gasteiger charge is 2.12. The molecule has 0 radical (unpaired) electrons. The fraction of sp³-hybridized carbons (Fsp3) is 0.238. The number of hydrogen-bond acceptors (Lipinski definition) is 6. The zero-order chi connectivity index (χ0) is 19.5. The van der Waals surface area contributed by atoms with Crippen LogP contribution in [0.5, 0.6) is 11.5 Å². The van der Waals surface area contributed by atoms with Crippen LogP contribution in [0.1, 0.15) is 11.1 Å². The molecule has 0 saturated carbocycles. The molecule has 0 bridgehead atoms. The van der Waals surface area contributed by atoms with E-state index in [1.807, 2.05) is 36.4 Å². The number of ether oxygens (including phenoxy) is 4. The summed E-state index contributed by atoms with van der Waals surface area (Å²) in [5, 5.41) is 9.23. The number of carbonyl (C=O) groups is 1. The summed E-state index contributed by atoms with van der Waals surface area (Å²) in [7, 11) is 3.05. The average Bonchev–Trinajstić information content (AvgIpc) is 2.71. The van der Waals surface area contributed by atoms with Gasteiger partial charge in [0.05, 0.1) is 13.7 Å². The summed E-state index contributed by atoms with van der Waals surface area (Å²) in [5.74, 6) is 0.376. The van der Waals surface area contributed by atoms with Crippen LogP contribution in [-0.2, 0) is 20.9 Å². The van der Waals surface area contributed by atoms with Gasteiger partial charge < -0.3 is 18.9 Å². The Morgan fingerprint density at radius 2 is 1.85 bits per heavy atom. The van der Waals surface area contributed by atoms with E-state index in [9.17, 15) is 10.1 Å². The largest absolute Gasteiger partial charge is 0.493 e. The van der Waals surface area contributed by atoms with Crippen molar-refractivity contribution in [3.05, 3.63) is 65.2 Å². The third-order valence-electron chi connectivity index (χ3n) is 3.60. The van der Waals surface area contributed by atoms with E-state index in [4.69, 9.17) is 18.9 Å². The van der Waals surface area contributed by atoms with Crippen LogP contribution in [0, 0.1) is 11.3 Å². The van der Waals surface area contributed by atoms with Gasteiger partial charge in [0, 0.05) is 7.11 Å². The van der Waals surface area contributed by atoms with Crippen LogP contribution >= 0.6 is 0 Å². The maximum absolute atomic E-state index is 11.9. The molecular weight excluding hydrogens is 346 g/mol. The van der Waals surface area contributed by atoms with Crippen LogP contribution in [0.15, 0.2) is 54.1 Å². The predicted octanol–water partition coefficient (Wildman–Crippen LogP) is 3.37. The molecule has 0 aliphatic carbocycles. The van der Waals surface area contributed by atoms with Gasteiger partial charge in [-0.2, -0.15) is 5.26 Å². The highest BCUT2D eigenvalue weighted by Crippen LogP contribution is 2.29. The second-order valence-corrected chi connectivity index (χ2v) is 5.48. The highest BCUT2D eigenvalue weighted by atomic mass is 16.6. The topological polar surface area (TPSA) is 77.8 Å². The first-order chi connectivity index (χ1) is 13.2. The lowest BCUT2D eigenvalue weighted by Crippen LogP contribution is -2.11. The van der Waals surface area contributed by atoms with E-state index in [0.717, 1.165) is 5.56 Å². The molecular formula is C21H21NO5. The van der Waals surface area contributed by atoms with Crippen molar-refractivity contribution in [3.8, 4) is 17.6 Å². The van der Waals surface area contributed by atoms with Crippen molar-refractivity contribution < 1.29 is 23.7 Å². The Hall–Kier alpha value is -3.30. The molecule has 0 spiro atoms. The third-order valence-corrected chi connectivity index (χ3v) is 3.60. The lowest BCUT2D eigenvalue weighted by molar-refractivity contribution is -0.139. The van der Waals surface area contributed by atoms with Gasteiger partial charge in [0.2, 0.25) is 0 Å². The maximum Gasteiger partial charge on any atom is 0.348 e. The first-order valence-electron chi connectivity index (χ1n) is 8.30. The predicted molar refractivity (Wildman–Crippen MR) is 100 cm³/mol. The van der Waals surface area contributed by atoms with Crippen LogP contribution in [0.2, 0.25) is 0 Å². The van der Waals surface area contributed by atoms with Crippen molar-refractivity contribution in [3.63, 3.8) is 0 Å². The number of esters is 1. The molecule has 140 valence electrons. The summed E-state index contributed by atoms with van der Waals surface area (Å²) in [5.41, 5.74) is 1.53. The first-order valence-corrected chi connectivity index (χ1v) is 8.30. The molecule has 2 rings (SSSR count). The average molecular weight is 367 g/mol. The van der Waals surface area contributed by atoms with Crippen LogP contribution in [0.25, 0.3) is 6.08 Å². The van der Waals surface area contributed by atoms with Crippen LogP contribution < -0.4 is 9.47 Å². The monoisotopic (exact) mass is 367 g/mol. The zero-order valence-electron chi connectivity index (χ0n) is 15.3. The summed E-state index contributed by atoms with van der Waals surface area (Å²) in [6.07, 6.45) is 1.45. The number of rotatable bonds is 9. The summed E-state index contributed by atoms with van der Waals surface area (Å²) in [6, 6.07) is 16.7. The fourth-order valence-electron chi connectivity index (χ4n) is 2.23. The molecule has 6 nitrogen and oxygen atoms in total. The minimum absolute atomic E-state index is 0.0857. The van der Waals surface area contributed by atoms with E-state index < -0.39 is 5.97 Å². The summed E-state index contributed by atoms with van der Waals surface area (Å²) in [4.78, 5) is 11.9. The van der Waals surface area contributed by atoms with Gasteiger partial charge in [-0.15, -0.1) is 0 Å². The van der Waals surface area contributed by atoms with E-state index in [-0.39, 0.29) is 18.8 Å². The fourth-order valence-corrected chi connectivity index (χ4v) is 2.23. The Bertz CT molecular complexity index is 824. The van der Waals surface area contributed by atoms with Gasteiger partial charge in [0.25, 0.3) is 0 Å². The molecule has 0 fully saturated rings. The van der Waals surface area contributed by atoms with Crippen LogP contribution in [0.3, 0.4) is 0 Å². The van der Waals surface area contributed by atoms with Crippen LogP contribution in [0.4, 0.5) is 0 Å². The molecule has 0 heterocycles. The summed E-state index contributed by atoms with van der Waals surface area (Å²) >= 11 is 0. The van der Waals surface area contributed by atoms with Gasteiger partial charge >= 0.3 is 5.97 Å². The second-order valence-electron chi connectivity index (χ2n) is 5.48. The number of nitrogens with zero attached hydrogens (tertiary/aromatic N) is 1. The number of carbonyl (C=O) groups excluding carboxylic acids is 1. The second kappa shape index (κ2) is 10.6. The molecule has 27 heavy (non-hydrogen) atoms. The van der Waals surface area contributed by atoms with Crippen molar-refractivity contribution in [1.29, 1.82) is 5.26 Å². The van der Waals surface area contributed by atoms with Gasteiger partial charge in [-0.3, -0.25) is 0 Å². The Kier molecular flexibility index (Phi) is 7.89. The lowest BCUT2D eigenvalue weighted by Gasteiger charge is -2.11. The Morgan fingerprint density at radius 1 is 1.07 bits per heavy atom. The number of methoxy groups -OCH3 is 2. The molecule has 2 aromatic rings. The molecule has 6 heteroatoms. The maximum atomic E-state index is 11.9. The van der Waals surface area contributed by atoms with Crippen LogP contribution in [-0.4, -0.2) is 33.4 Å². The zero-order valence-corrected chi connectivity index (χ0v) is 15.3. The van der Waals surface area contributed by atoms with Gasteiger partial charge in [-0.1, -0.05) is 36.4 Å². The quantitative estimate of drug-likeness (QED) is 0.293. The van der Waals surface area contributed by atoms with E-state index in [1.165, 1.54) is 13.2 Å². The molecule has 0 amide bonds. The van der Waals surface area contributed by atoms with E-state index in [1.54, 1.807) is 25.3 Å². The summed E-state index contributed by atoms with van der Waals surface area (Å²) in [6.45, 7) is 0.724.